The number of ether oxygens (including phenoxy) is 1. The van der Waals surface area contributed by atoms with Crippen LogP contribution >= 0.6 is 28.3 Å². The first-order chi connectivity index (χ1) is 2.41. The Hall–Kier alpha value is 0.730. The summed E-state index contributed by atoms with van der Waals surface area (Å²) in [5.74, 6) is 0. The van der Waals surface area contributed by atoms with E-state index in [2.05, 4.69) is 20.7 Å². The van der Waals surface area contributed by atoms with E-state index in [1.807, 2.05) is 0 Å². The van der Waals surface area contributed by atoms with Crippen molar-refractivity contribution < 1.29 is 4.74 Å². The molecule has 0 aromatic rings. The van der Waals surface area contributed by atoms with E-state index in [1.54, 1.807) is 7.11 Å². The molecule has 0 aliphatic carbocycles. The Morgan fingerprint density at radius 2 is 2.17 bits per heavy atom. The third kappa shape index (κ3) is 8.83. The maximum absolute atomic E-state index is 4.64. The second kappa shape index (κ2) is 9.21. The van der Waals surface area contributed by atoms with Crippen LogP contribution in [0.4, 0.5) is 0 Å². The minimum atomic E-state index is 0. The standard InChI is InChI=1S/C3H7BrO.ClH/c1-5-3-2-4;/h2-3H2,1H3;1H. The van der Waals surface area contributed by atoms with Gasteiger partial charge in [0.25, 0.3) is 0 Å². The summed E-state index contributed by atoms with van der Waals surface area (Å²) in [6, 6.07) is 0. The molecule has 0 amide bonds. The largest absolute Gasteiger partial charge is 0.384 e. The molecular formula is C3H8BrClO. The van der Waals surface area contributed by atoms with Gasteiger partial charge in [-0.15, -0.1) is 12.4 Å². The topological polar surface area (TPSA) is 9.23 Å². The van der Waals surface area contributed by atoms with Gasteiger partial charge in [0, 0.05) is 12.4 Å². The van der Waals surface area contributed by atoms with Gasteiger partial charge >= 0.3 is 0 Å². The second-order valence-electron chi connectivity index (χ2n) is 0.682. The smallest absolute Gasteiger partial charge is 0.0559 e. The van der Waals surface area contributed by atoms with Crippen molar-refractivity contribution in [3.8, 4) is 0 Å². The first-order valence-corrected chi connectivity index (χ1v) is 2.59. The zero-order valence-corrected chi connectivity index (χ0v) is 6.01. The van der Waals surface area contributed by atoms with Crippen LogP contribution in [0.1, 0.15) is 0 Å². The molecule has 0 spiro atoms. The van der Waals surface area contributed by atoms with Crippen molar-refractivity contribution >= 4 is 28.3 Å². The number of hydrogen-bond acceptors (Lipinski definition) is 1. The summed E-state index contributed by atoms with van der Waals surface area (Å²) in [5, 5.41) is 0.934. The molecule has 0 aliphatic heterocycles. The monoisotopic (exact) mass is 174 g/mol. The lowest BCUT2D eigenvalue weighted by molar-refractivity contribution is 0.219. The lowest BCUT2D eigenvalue weighted by Gasteiger charge is -1.83. The van der Waals surface area contributed by atoms with Crippen molar-refractivity contribution in [2.45, 2.75) is 0 Å². The molecule has 3 heteroatoms. The van der Waals surface area contributed by atoms with Crippen molar-refractivity contribution in [3.63, 3.8) is 0 Å². The van der Waals surface area contributed by atoms with Gasteiger partial charge in [-0.2, -0.15) is 0 Å². The summed E-state index contributed by atoms with van der Waals surface area (Å²) >= 11 is 3.18. The molecule has 1 nitrogen and oxygen atoms in total. The Morgan fingerprint density at radius 1 is 1.67 bits per heavy atom. The molecular weight excluding hydrogens is 167 g/mol. The first-order valence-electron chi connectivity index (χ1n) is 1.46. The molecule has 0 heterocycles. The number of methoxy groups -OCH3 is 1. The van der Waals surface area contributed by atoms with Crippen molar-refractivity contribution in [3.05, 3.63) is 0 Å². The van der Waals surface area contributed by atoms with Gasteiger partial charge in [0.2, 0.25) is 0 Å². The maximum Gasteiger partial charge on any atom is 0.0559 e. The van der Waals surface area contributed by atoms with E-state index in [4.69, 9.17) is 0 Å². The molecule has 0 unspecified atom stereocenters. The number of halogens is 2. The molecule has 0 N–H and O–H groups in total. The number of hydrogen-bond donors (Lipinski definition) is 0. The fourth-order valence-corrected chi connectivity index (χ4v) is 0.401. The fourth-order valence-electron chi connectivity index (χ4n) is 0.0772. The zero-order valence-electron chi connectivity index (χ0n) is 3.61. The Bertz CT molecular complexity index is 18.3. The van der Waals surface area contributed by atoms with Crippen LogP contribution in [0.15, 0.2) is 0 Å². The molecule has 0 radical (unpaired) electrons. The van der Waals surface area contributed by atoms with Crippen molar-refractivity contribution in [1.82, 2.24) is 0 Å². The lowest BCUT2D eigenvalue weighted by Crippen LogP contribution is -1.85. The molecule has 0 fully saturated rings. The summed E-state index contributed by atoms with van der Waals surface area (Å²) in [5.41, 5.74) is 0. The van der Waals surface area contributed by atoms with E-state index >= 15 is 0 Å². The average molecular weight is 175 g/mol. The molecule has 0 aromatic carbocycles. The first kappa shape index (κ1) is 9.88. The molecule has 6 heavy (non-hydrogen) atoms. The van der Waals surface area contributed by atoms with Crippen LogP contribution in [0.3, 0.4) is 0 Å². The van der Waals surface area contributed by atoms with Gasteiger partial charge in [0.1, 0.15) is 0 Å². The molecule has 0 atom stereocenters. The number of rotatable bonds is 2. The van der Waals surface area contributed by atoms with Gasteiger partial charge < -0.3 is 4.74 Å². The Balaban J connectivity index is 0. The van der Waals surface area contributed by atoms with E-state index in [0.29, 0.717) is 0 Å². The molecule has 0 bridgehead atoms. The Labute approximate surface area is 52.6 Å². The fraction of sp³-hybridized carbons (Fsp3) is 1.00. The van der Waals surface area contributed by atoms with Crippen LogP contribution in [-0.4, -0.2) is 19.0 Å². The SMILES string of the molecule is COCCBr.Cl. The van der Waals surface area contributed by atoms with Gasteiger partial charge in [0.05, 0.1) is 6.61 Å². The third-order valence-electron chi connectivity index (χ3n) is 0.281. The quantitative estimate of drug-likeness (QED) is 0.577. The van der Waals surface area contributed by atoms with Crippen molar-refractivity contribution in [2.24, 2.45) is 0 Å². The predicted molar refractivity (Wildman–Crippen MR) is 32.9 cm³/mol. The Kier molecular flexibility index (Phi) is 15.2. The predicted octanol–water partition coefficient (Wildman–Crippen LogP) is 1.45. The summed E-state index contributed by atoms with van der Waals surface area (Å²) < 4.78 is 4.64. The third-order valence-corrected chi connectivity index (χ3v) is 0.605. The summed E-state index contributed by atoms with van der Waals surface area (Å²) in [6.45, 7) is 0.806. The van der Waals surface area contributed by atoms with Crippen LogP contribution in [0, 0.1) is 0 Å². The van der Waals surface area contributed by atoms with E-state index in [-0.39, 0.29) is 12.4 Å². The molecule has 0 aliphatic rings. The Morgan fingerprint density at radius 3 is 2.17 bits per heavy atom. The number of alkyl halides is 1. The molecule has 0 aromatic heterocycles. The van der Waals surface area contributed by atoms with Crippen molar-refractivity contribution in [1.29, 1.82) is 0 Å². The highest BCUT2D eigenvalue weighted by molar-refractivity contribution is 9.09. The van der Waals surface area contributed by atoms with Crippen molar-refractivity contribution in [2.75, 3.05) is 19.0 Å². The minimum Gasteiger partial charge on any atom is -0.384 e. The van der Waals surface area contributed by atoms with Crippen LogP contribution in [0.25, 0.3) is 0 Å². The maximum atomic E-state index is 4.64. The van der Waals surface area contributed by atoms with E-state index in [0.717, 1.165) is 11.9 Å². The minimum absolute atomic E-state index is 0. The summed E-state index contributed by atoms with van der Waals surface area (Å²) in [7, 11) is 1.68. The zero-order chi connectivity index (χ0) is 4.12. The molecule has 0 saturated carbocycles. The van der Waals surface area contributed by atoms with Gasteiger partial charge in [0.15, 0.2) is 0 Å². The van der Waals surface area contributed by atoms with E-state index < -0.39 is 0 Å². The highest BCUT2D eigenvalue weighted by Crippen LogP contribution is 1.75. The lowest BCUT2D eigenvalue weighted by atomic mass is 10.9. The van der Waals surface area contributed by atoms with Crippen LogP contribution < -0.4 is 0 Å². The normalized spacial score (nSPS) is 7.00. The van der Waals surface area contributed by atoms with Gasteiger partial charge in [-0.25, -0.2) is 0 Å². The van der Waals surface area contributed by atoms with Crippen LogP contribution in [0.2, 0.25) is 0 Å². The summed E-state index contributed by atoms with van der Waals surface area (Å²) in [4.78, 5) is 0. The average Bonchev–Trinajstić information content (AvgIpc) is 1.41. The van der Waals surface area contributed by atoms with Gasteiger partial charge in [-0.1, -0.05) is 15.9 Å². The van der Waals surface area contributed by atoms with Gasteiger partial charge in [-0.3, -0.25) is 0 Å². The molecule has 0 saturated heterocycles. The highest BCUT2D eigenvalue weighted by atomic mass is 79.9. The van der Waals surface area contributed by atoms with Crippen LogP contribution in [-0.2, 0) is 4.74 Å². The molecule has 40 valence electrons. The van der Waals surface area contributed by atoms with Gasteiger partial charge in [-0.05, 0) is 0 Å². The summed E-state index contributed by atoms with van der Waals surface area (Å²) in [6.07, 6.45) is 0. The van der Waals surface area contributed by atoms with Crippen LogP contribution in [0.5, 0.6) is 0 Å². The second-order valence-corrected chi connectivity index (χ2v) is 1.47. The highest BCUT2D eigenvalue weighted by Gasteiger charge is 1.68. The van der Waals surface area contributed by atoms with E-state index in [1.165, 1.54) is 0 Å². The van der Waals surface area contributed by atoms with E-state index in [9.17, 15) is 0 Å². The molecule has 0 rings (SSSR count).